The number of hydrogen-bond acceptors (Lipinski definition) is 7. The van der Waals surface area contributed by atoms with Gasteiger partial charge in [0.2, 0.25) is 17.7 Å². The third-order valence-corrected chi connectivity index (χ3v) is 9.89. The first-order valence-electron chi connectivity index (χ1n) is 16.5. The molecule has 2 aromatic carbocycles. The smallest absolute Gasteiger partial charge is 0.364 e. The van der Waals surface area contributed by atoms with Crippen molar-refractivity contribution >= 4 is 46.5 Å². The number of halogens is 4. The number of amides is 3. The van der Waals surface area contributed by atoms with Gasteiger partial charge in [-0.05, 0) is 62.0 Å². The normalized spacial score (nSPS) is 20.4. The third-order valence-electron chi connectivity index (χ3n) is 9.58. The highest BCUT2D eigenvalue weighted by atomic mass is 35.5. The van der Waals surface area contributed by atoms with E-state index in [0.717, 1.165) is 33.7 Å². The Bertz CT molecular complexity index is 1960. The van der Waals surface area contributed by atoms with Crippen LogP contribution >= 0.6 is 11.6 Å². The van der Waals surface area contributed by atoms with Crippen molar-refractivity contribution in [3.63, 3.8) is 0 Å². The maximum absolute atomic E-state index is 14.2. The summed E-state index contributed by atoms with van der Waals surface area (Å²) in [7, 11) is 5.37. The maximum Gasteiger partial charge on any atom is 0.416 e. The molecule has 0 unspecified atom stereocenters. The van der Waals surface area contributed by atoms with E-state index in [1.54, 1.807) is 36.2 Å². The van der Waals surface area contributed by atoms with Crippen LogP contribution in [0.15, 0.2) is 60.7 Å². The molecule has 3 aliphatic rings. The second-order valence-corrected chi connectivity index (χ2v) is 13.9. The summed E-state index contributed by atoms with van der Waals surface area (Å²) in [6.07, 6.45) is -1.33. The Morgan fingerprint density at radius 3 is 2.63 bits per heavy atom. The maximum atomic E-state index is 14.2. The number of rotatable bonds is 7. The van der Waals surface area contributed by atoms with Crippen molar-refractivity contribution in [3.05, 3.63) is 93.7 Å². The molecule has 1 fully saturated rings. The summed E-state index contributed by atoms with van der Waals surface area (Å²) in [6.45, 7) is 2.85. The minimum atomic E-state index is -4.67. The van der Waals surface area contributed by atoms with E-state index in [1.165, 1.54) is 17.9 Å². The highest BCUT2D eigenvalue weighted by Crippen LogP contribution is 2.44. The number of benzene rings is 2. The van der Waals surface area contributed by atoms with Gasteiger partial charge in [0.1, 0.15) is 11.9 Å². The SMILES string of the molecule is Cc1cc(C(F)(F)F)cc(N2C(=O)C[C@@H]3CN(Cc4ccc5c(c4)[C@@H](CC#N)N(C(=O)/C=C/CN(C)C)C5)c4c(Cl)cccc4N(C)C(=O)[C@H]32)n1. The second kappa shape index (κ2) is 14.0. The van der Waals surface area contributed by atoms with Crippen molar-refractivity contribution in [2.45, 2.75) is 51.1 Å². The molecular weight excluding hydrogens is 683 g/mol. The van der Waals surface area contributed by atoms with E-state index in [0.29, 0.717) is 36.0 Å². The summed E-state index contributed by atoms with van der Waals surface area (Å²) in [4.78, 5) is 53.4. The van der Waals surface area contributed by atoms with Gasteiger partial charge >= 0.3 is 6.18 Å². The number of carbonyl (C=O) groups excluding carboxylic acids is 3. The molecule has 3 amide bonds. The molecule has 0 saturated carbocycles. The Hall–Kier alpha value is -4.93. The molecule has 1 saturated heterocycles. The molecule has 10 nitrogen and oxygen atoms in total. The number of alkyl halides is 3. The van der Waals surface area contributed by atoms with E-state index < -0.39 is 41.6 Å². The summed E-state index contributed by atoms with van der Waals surface area (Å²) >= 11 is 6.83. The molecule has 0 aliphatic carbocycles. The van der Waals surface area contributed by atoms with Gasteiger partial charge in [-0.15, -0.1) is 0 Å². The van der Waals surface area contributed by atoms with Crippen molar-refractivity contribution in [2.75, 3.05) is 48.9 Å². The molecular formula is C37H37ClF3N7O3. The predicted octanol–water partition coefficient (Wildman–Crippen LogP) is 5.88. The van der Waals surface area contributed by atoms with E-state index >= 15 is 0 Å². The highest BCUT2D eigenvalue weighted by molar-refractivity contribution is 6.34. The minimum Gasteiger partial charge on any atom is -0.364 e. The molecule has 3 aliphatic heterocycles. The first-order chi connectivity index (χ1) is 24.2. The van der Waals surface area contributed by atoms with Gasteiger partial charge in [0.05, 0.1) is 40.5 Å². The molecule has 0 bridgehead atoms. The van der Waals surface area contributed by atoms with Crippen LogP contribution in [0.5, 0.6) is 0 Å². The lowest BCUT2D eigenvalue weighted by Gasteiger charge is -2.39. The molecule has 3 aromatic rings. The van der Waals surface area contributed by atoms with E-state index in [4.69, 9.17) is 11.6 Å². The van der Waals surface area contributed by atoms with E-state index in [9.17, 15) is 32.8 Å². The van der Waals surface area contributed by atoms with E-state index in [2.05, 4.69) is 11.1 Å². The lowest BCUT2D eigenvalue weighted by molar-refractivity contribution is -0.137. The van der Waals surface area contributed by atoms with Gasteiger partial charge < -0.3 is 19.6 Å². The Morgan fingerprint density at radius 1 is 1.16 bits per heavy atom. The zero-order chi connectivity index (χ0) is 36.8. The lowest BCUT2D eigenvalue weighted by atomic mass is 9.94. The number of fused-ring (bicyclic) bond motifs is 3. The van der Waals surface area contributed by atoms with Gasteiger partial charge in [0.25, 0.3) is 0 Å². The monoisotopic (exact) mass is 719 g/mol. The zero-order valence-electron chi connectivity index (χ0n) is 28.6. The highest BCUT2D eigenvalue weighted by Gasteiger charge is 2.49. The third kappa shape index (κ3) is 7.03. The van der Waals surface area contributed by atoms with Crippen molar-refractivity contribution in [2.24, 2.45) is 5.92 Å². The van der Waals surface area contributed by atoms with Gasteiger partial charge in [-0.3, -0.25) is 19.3 Å². The molecule has 0 spiro atoms. The standard InChI is InChI=1S/C37H37ClF3N7O3/c1-22-15-26(37(39,40)41)18-31(43-22)48-33(50)17-25-20-46(35-28(38)7-5-8-30(35)45(4)36(51)34(25)48)19-23-10-11-24-21-47(29(12-13-42)27(24)16-23)32(49)9-6-14-44(2)3/h5-11,15-16,18,25,29,34H,12,14,17,19-21H2,1-4H3/b9-6+/t25-,29-,34+/m1/s1. The van der Waals surface area contributed by atoms with Crippen LogP contribution in [-0.4, -0.2) is 72.8 Å². The fraction of sp³-hybridized carbons (Fsp3) is 0.378. The van der Waals surface area contributed by atoms with Gasteiger partial charge in [0, 0.05) is 57.3 Å². The average molecular weight is 720 g/mol. The van der Waals surface area contributed by atoms with Gasteiger partial charge in [-0.1, -0.05) is 41.9 Å². The van der Waals surface area contributed by atoms with Crippen LogP contribution in [-0.2, 0) is 33.6 Å². The number of pyridine rings is 1. The van der Waals surface area contributed by atoms with Crippen LogP contribution < -0.4 is 14.7 Å². The zero-order valence-corrected chi connectivity index (χ0v) is 29.4. The Labute approximate surface area is 299 Å². The number of nitriles is 1. The summed E-state index contributed by atoms with van der Waals surface area (Å²) in [5, 5.41) is 10.1. The largest absolute Gasteiger partial charge is 0.416 e. The van der Waals surface area contributed by atoms with E-state index in [-0.39, 0.29) is 36.8 Å². The van der Waals surface area contributed by atoms with Crippen LogP contribution in [0, 0.1) is 24.2 Å². The number of para-hydroxylation sites is 1. The van der Waals surface area contributed by atoms with Gasteiger partial charge in [-0.2, -0.15) is 18.4 Å². The number of carbonyl (C=O) groups is 3. The molecule has 0 radical (unpaired) electrons. The first kappa shape index (κ1) is 35.9. The Kier molecular flexibility index (Phi) is 9.85. The van der Waals surface area contributed by atoms with Crippen molar-refractivity contribution in [1.29, 1.82) is 5.26 Å². The minimum absolute atomic E-state index is 0.0673. The number of likely N-dealkylation sites (N-methyl/N-ethyl adjacent to an activating group) is 2. The van der Waals surface area contributed by atoms with Crippen molar-refractivity contribution < 1.29 is 27.6 Å². The van der Waals surface area contributed by atoms with Crippen LogP contribution in [0.3, 0.4) is 0 Å². The van der Waals surface area contributed by atoms with Crippen LogP contribution in [0.2, 0.25) is 5.02 Å². The summed E-state index contributed by atoms with van der Waals surface area (Å²) in [5.41, 5.74) is 2.81. The Balaban J connectivity index is 1.36. The molecule has 3 atom stereocenters. The van der Waals surface area contributed by atoms with Crippen LogP contribution in [0.4, 0.5) is 30.4 Å². The first-order valence-corrected chi connectivity index (χ1v) is 16.8. The number of aryl methyl sites for hydroxylation is 1. The fourth-order valence-electron chi connectivity index (χ4n) is 7.28. The topological polar surface area (TPSA) is 104 Å². The fourth-order valence-corrected chi connectivity index (χ4v) is 7.57. The molecule has 6 rings (SSSR count). The molecule has 4 heterocycles. The second-order valence-electron chi connectivity index (χ2n) is 13.5. The van der Waals surface area contributed by atoms with E-state index in [1.807, 2.05) is 42.1 Å². The van der Waals surface area contributed by atoms with Crippen molar-refractivity contribution in [1.82, 2.24) is 14.8 Å². The quantitative estimate of drug-likeness (QED) is 0.281. The molecule has 0 N–H and O–H groups in total. The number of hydrogen-bond donors (Lipinski definition) is 0. The summed E-state index contributed by atoms with van der Waals surface area (Å²) in [5.74, 6) is -1.99. The molecule has 266 valence electrons. The predicted molar refractivity (Wildman–Crippen MR) is 187 cm³/mol. The summed E-state index contributed by atoms with van der Waals surface area (Å²) < 4.78 is 41.4. The van der Waals surface area contributed by atoms with Crippen molar-refractivity contribution in [3.8, 4) is 6.07 Å². The Morgan fingerprint density at radius 2 is 1.92 bits per heavy atom. The van der Waals surface area contributed by atoms with Gasteiger partial charge in [0.15, 0.2) is 0 Å². The molecule has 1 aromatic heterocycles. The number of aromatic nitrogens is 1. The lowest BCUT2D eigenvalue weighted by Crippen LogP contribution is -2.52. The molecule has 51 heavy (non-hydrogen) atoms. The number of anilines is 3. The number of nitrogens with zero attached hydrogens (tertiary/aromatic N) is 7. The van der Waals surface area contributed by atoms with Crippen LogP contribution in [0.25, 0.3) is 0 Å². The van der Waals surface area contributed by atoms with Crippen LogP contribution in [0.1, 0.15) is 46.8 Å². The van der Waals surface area contributed by atoms with Gasteiger partial charge in [-0.25, -0.2) is 4.98 Å². The average Bonchev–Trinajstić information content (AvgIpc) is 3.58. The molecule has 14 heteroatoms. The summed E-state index contributed by atoms with van der Waals surface area (Å²) in [6, 6.07) is 13.4.